The summed E-state index contributed by atoms with van der Waals surface area (Å²) < 4.78 is 27.5. The molecule has 2 aliphatic carbocycles. The Kier molecular flexibility index (Phi) is 8.14. The highest BCUT2D eigenvalue weighted by molar-refractivity contribution is 7.80. The molecule has 0 N–H and O–H groups in total. The van der Waals surface area contributed by atoms with Gasteiger partial charge in [-0.3, -0.25) is 0 Å². The monoisotopic (exact) mass is 606 g/mol. The van der Waals surface area contributed by atoms with Crippen molar-refractivity contribution in [3.63, 3.8) is 0 Å². The van der Waals surface area contributed by atoms with Crippen molar-refractivity contribution >= 4 is 12.6 Å². The molecule has 7 unspecified atom stereocenters. The fraction of sp³-hybridized carbons (Fsp3) is 1.00. The lowest BCUT2D eigenvalue weighted by molar-refractivity contribution is -0.571. The van der Waals surface area contributed by atoms with Crippen LogP contribution in [0.5, 0.6) is 0 Å². The van der Waals surface area contributed by atoms with Gasteiger partial charge < -0.3 is 18.9 Å². The Morgan fingerprint density at radius 3 is 2.21 bits per heavy atom. The van der Waals surface area contributed by atoms with Crippen LogP contribution in [0.1, 0.15) is 113 Å². The van der Waals surface area contributed by atoms with Gasteiger partial charge in [-0.2, -0.15) is 12.6 Å². The Morgan fingerprint density at radius 1 is 0.714 bits per heavy atom. The highest BCUT2D eigenvalue weighted by Gasteiger charge is 2.69. The highest BCUT2D eigenvalue weighted by Crippen LogP contribution is 2.61. The van der Waals surface area contributed by atoms with Gasteiger partial charge in [0.1, 0.15) is 0 Å². The van der Waals surface area contributed by atoms with Crippen LogP contribution < -0.4 is 0 Å². The molecule has 0 radical (unpaired) electrons. The van der Waals surface area contributed by atoms with Gasteiger partial charge in [-0.25, -0.2) is 9.78 Å². The van der Waals surface area contributed by atoms with E-state index in [1.165, 1.54) is 25.7 Å². The SMILES string of the molecule is C[C@H]1C(CC(CS)CC2O[C@@H]3O[C@]4(C)CC[C@H]5[C@H](C)CCC([C@H]2C)C35OO4)O[C@@H]2OC(C)(C)CC[C@@H]3C2C1CC[C@H]3C. The zero-order chi connectivity index (χ0) is 29.6. The molecule has 0 aromatic heterocycles. The molecule has 6 nitrogen and oxygen atoms in total. The van der Waals surface area contributed by atoms with Crippen LogP contribution in [0, 0.1) is 59.2 Å². The van der Waals surface area contributed by atoms with Crippen molar-refractivity contribution in [1.82, 2.24) is 0 Å². The second-order valence-electron chi connectivity index (χ2n) is 16.7. The molecule has 0 amide bonds. The number of hydrogen-bond donors (Lipinski definition) is 1. The minimum absolute atomic E-state index is 0.0827. The second-order valence-corrected chi connectivity index (χ2v) is 17.1. The van der Waals surface area contributed by atoms with Crippen molar-refractivity contribution in [3.8, 4) is 0 Å². The lowest BCUT2D eigenvalue weighted by Gasteiger charge is -2.60. The van der Waals surface area contributed by atoms with E-state index in [0.717, 1.165) is 50.2 Å². The standard InChI is InChI=1S/C35H58O6S/c1-19-8-10-25-21(3)28(36-31-30(25)24(19)12-14-33(5,6)38-31)16-23(18-42)17-29-22(4)27-11-9-20(2)26-13-15-34(7)39-32(37-29)35(26,27)41-40-34/h19-32,42H,8-18H2,1-7H3/t19-,20-,21-,22-,23?,24+,25?,26+,27?,28?,29?,30?,31-,32-,34+,35?/m1/s1. The zero-order valence-electron chi connectivity index (χ0n) is 27.3. The fourth-order valence-electron chi connectivity index (χ4n) is 11.1. The van der Waals surface area contributed by atoms with Gasteiger partial charge in [0.25, 0.3) is 0 Å². The molecule has 0 aromatic rings. The van der Waals surface area contributed by atoms with E-state index in [9.17, 15) is 0 Å². The predicted molar refractivity (Wildman–Crippen MR) is 164 cm³/mol. The van der Waals surface area contributed by atoms with Gasteiger partial charge >= 0.3 is 0 Å². The van der Waals surface area contributed by atoms with Gasteiger partial charge in [-0.15, -0.1) is 0 Å². The third-order valence-corrected chi connectivity index (χ3v) is 14.3. The summed E-state index contributed by atoms with van der Waals surface area (Å²) in [6, 6.07) is 0. The quantitative estimate of drug-likeness (QED) is 0.255. The Hall–Kier alpha value is 0.110. The van der Waals surface area contributed by atoms with Gasteiger partial charge in [0.2, 0.25) is 5.79 Å². The summed E-state index contributed by atoms with van der Waals surface area (Å²) in [4.78, 5) is 12.4. The molecule has 6 aliphatic heterocycles. The van der Waals surface area contributed by atoms with Gasteiger partial charge in [0, 0.05) is 18.3 Å². The molecule has 7 heteroatoms. The molecule has 8 rings (SSSR count). The molecular formula is C35H58O6S. The molecule has 8 aliphatic rings. The lowest BCUT2D eigenvalue weighted by Crippen LogP contribution is -2.70. The van der Waals surface area contributed by atoms with E-state index in [4.69, 9.17) is 41.4 Å². The molecule has 2 saturated carbocycles. The Bertz CT molecular complexity index is 993. The molecule has 8 fully saturated rings. The normalized spacial score (nSPS) is 55.6. The average Bonchev–Trinajstić information content (AvgIpc) is 3.25. The summed E-state index contributed by atoms with van der Waals surface area (Å²) >= 11 is 4.92. The highest BCUT2D eigenvalue weighted by atomic mass is 32.1. The molecular weight excluding hydrogens is 548 g/mol. The van der Waals surface area contributed by atoms with Crippen LogP contribution in [0.25, 0.3) is 0 Å². The van der Waals surface area contributed by atoms with E-state index >= 15 is 0 Å². The third-order valence-electron chi connectivity index (χ3n) is 13.8. The minimum Gasteiger partial charge on any atom is -0.349 e. The van der Waals surface area contributed by atoms with E-state index in [1.54, 1.807) is 0 Å². The molecule has 240 valence electrons. The summed E-state index contributed by atoms with van der Waals surface area (Å²) in [6.45, 7) is 16.3. The smallest absolute Gasteiger partial charge is 0.201 e. The van der Waals surface area contributed by atoms with E-state index in [2.05, 4.69) is 41.5 Å². The Morgan fingerprint density at radius 2 is 1.45 bits per heavy atom. The van der Waals surface area contributed by atoms with Gasteiger partial charge in [0.15, 0.2) is 18.2 Å². The molecule has 1 spiro atoms. The van der Waals surface area contributed by atoms with Crippen LogP contribution in [0.4, 0.5) is 0 Å². The maximum absolute atomic E-state index is 7.03. The second kappa shape index (κ2) is 11.1. The van der Waals surface area contributed by atoms with E-state index in [0.29, 0.717) is 53.3 Å². The maximum Gasteiger partial charge on any atom is 0.201 e. The number of ether oxygens (including phenoxy) is 4. The topological polar surface area (TPSA) is 55.4 Å². The van der Waals surface area contributed by atoms with Crippen molar-refractivity contribution in [1.29, 1.82) is 0 Å². The summed E-state index contributed by atoms with van der Waals surface area (Å²) in [7, 11) is 0. The average molecular weight is 607 g/mol. The molecule has 42 heavy (non-hydrogen) atoms. The van der Waals surface area contributed by atoms with Crippen LogP contribution in [0.2, 0.25) is 0 Å². The van der Waals surface area contributed by atoms with E-state index in [1.807, 2.05) is 6.92 Å². The Labute approximate surface area is 260 Å². The van der Waals surface area contributed by atoms with E-state index in [-0.39, 0.29) is 30.4 Å². The van der Waals surface area contributed by atoms with Crippen molar-refractivity contribution in [2.24, 2.45) is 59.2 Å². The maximum atomic E-state index is 7.03. The van der Waals surface area contributed by atoms with Crippen molar-refractivity contribution in [2.75, 3.05) is 5.75 Å². The number of hydrogen-bond acceptors (Lipinski definition) is 7. The van der Waals surface area contributed by atoms with Crippen molar-refractivity contribution < 1.29 is 28.7 Å². The first-order chi connectivity index (χ1) is 19.9. The van der Waals surface area contributed by atoms with Crippen LogP contribution in [-0.2, 0) is 28.7 Å². The minimum atomic E-state index is -0.727. The van der Waals surface area contributed by atoms with E-state index < -0.39 is 11.4 Å². The number of thiol groups is 1. The number of fused-ring (bicyclic) bond motifs is 2. The lowest BCUT2D eigenvalue weighted by atomic mass is 9.57. The first-order valence-corrected chi connectivity index (χ1v) is 18.2. The summed E-state index contributed by atoms with van der Waals surface area (Å²) in [6.07, 6.45) is 11.2. The summed E-state index contributed by atoms with van der Waals surface area (Å²) in [5, 5.41) is 0. The van der Waals surface area contributed by atoms with Gasteiger partial charge in [-0.05, 0) is 125 Å². The molecule has 2 bridgehead atoms. The van der Waals surface area contributed by atoms with Crippen molar-refractivity contribution in [2.45, 2.75) is 154 Å². The van der Waals surface area contributed by atoms with Crippen molar-refractivity contribution in [3.05, 3.63) is 0 Å². The van der Waals surface area contributed by atoms with Crippen LogP contribution in [0.15, 0.2) is 0 Å². The molecule has 6 heterocycles. The fourth-order valence-corrected chi connectivity index (χ4v) is 11.4. The molecule has 16 atom stereocenters. The Balaban J connectivity index is 1.09. The van der Waals surface area contributed by atoms with Gasteiger partial charge in [0.05, 0.1) is 17.8 Å². The van der Waals surface area contributed by atoms with Crippen LogP contribution in [0.3, 0.4) is 0 Å². The number of rotatable bonds is 5. The van der Waals surface area contributed by atoms with Crippen LogP contribution in [-0.4, -0.2) is 47.5 Å². The predicted octanol–water partition coefficient (Wildman–Crippen LogP) is 7.79. The summed E-state index contributed by atoms with van der Waals surface area (Å²) in [5.41, 5.74) is -0.619. The van der Waals surface area contributed by atoms with Gasteiger partial charge in [-0.1, -0.05) is 34.1 Å². The largest absolute Gasteiger partial charge is 0.349 e. The first-order valence-electron chi connectivity index (χ1n) is 17.6. The third kappa shape index (κ3) is 4.97. The molecule has 6 saturated heterocycles. The zero-order valence-corrected chi connectivity index (χ0v) is 28.2. The molecule has 0 aromatic carbocycles. The van der Waals surface area contributed by atoms with Crippen LogP contribution >= 0.6 is 12.6 Å². The first kappa shape index (κ1) is 30.7. The summed E-state index contributed by atoms with van der Waals surface area (Å²) in [5.74, 6) is 5.48.